The lowest BCUT2D eigenvalue weighted by Gasteiger charge is -2.30. The first-order valence-corrected chi connectivity index (χ1v) is 8.42. The maximum Gasteiger partial charge on any atom is 0.254 e. The molecule has 7 nitrogen and oxygen atoms in total. The molecule has 7 heteroatoms. The monoisotopic (exact) mass is 345 g/mol. The molecular weight excluding hydrogens is 322 g/mol. The van der Waals surface area contributed by atoms with Crippen LogP contribution in [-0.4, -0.2) is 60.0 Å². The molecule has 0 N–H and O–H groups in total. The fourth-order valence-electron chi connectivity index (χ4n) is 3.10. The molecule has 2 atom stereocenters. The third kappa shape index (κ3) is 3.88. The molecule has 1 aromatic carbocycles. The van der Waals surface area contributed by atoms with E-state index in [9.17, 15) is 4.79 Å². The van der Waals surface area contributed by atoms with Crippen molar-refractivity contribution in [1.82, 2.24) is 15.1 Å². The Kier molecular flexibility index (Phi) is 5.45. The maximum absolute atomic E-state index is 13.1. The molecule has 0 saturated carbocycles. The van der Waals surface area contributed by atoms with Gasteiger partial charge in [0, 0.05) is 38.3 Å². The summed E-state index contributed by atoms with van der Waals surface area (Å²) in [6, 6.07) is 7.32. The number of rotatable bonds is 6. The molecule has 3 rings (SSSR count). The summed E-state index contributed by atoms with van der Waals surface area (Å²) in [5.74, 6) is 0.857. The predicted molar refractivity (Wildman–Crippen MR) is 91.2 cm³/mol. The van der Waals surface area contributed by atoms with Crippen molar-refractivity contribution in [1.29, 1.82) is 0 Å². The fraction of sp³-hybridized carbons (Fsp3) is 0.500. The van der Waals surface area contributed by atoms with Gasteiger partial charge in [-0.25, -0.2) is 0 Å². The van der Waals surface area contributed by atoms with E-state index in [0.29, 0.717) is 37.1 Å². The molecule has 25 heavy (non-hydrogen) atoms. The topological polar surface area (TPSA) is 77.7 Å². The Morgan fingerprint density at radius 3 is 2.88 bits per heavy atom. The SMILES string of the molecule is COCCN(C(=O)c1cccc(-c2nnc(C)o2)c1)[C@H]1CCO[C@H]1C. The van der Waals surface area contributed by atoms with Crippen LogP contribution in [0.3, 0.4) is 0 Å². The average molecular weight is 345 g/mol. The summed E-state index contributed by atoms with van der Waals surface area (Å²) in [5.41, 5.74) is 1.32. The van der Waals surface area contributed by atoms with Crippen LogP contribution in [0.25, 0.3) is 11.5 Å². The molecule has 1 saturated heterocycles. The van der Waals surface area contributed by atoms with Gasteiger partial charge in [0.15, 0.2) is 0 Å². The van der Waals surface area contributed by atoms with Crippen molar-refractivity contribution in [3.05, 3.63) is 35.7 Å². The summed E-state index contributed by atoms with van der Waals surface area (Å²) in [7, 11) is 1.63. The molecular formula is C18H23N3O4. The van der Waals surface area contributed by atoms with Crippen LogP contribution < -0.4 is 0 Å². The molecule has 1 aliphatic heterocycles. The van der Waals surface area contributed by atoms with Crippen molar-refractivity contribution in [2.24, 2.45) is 0 Å². The first kappa shape index (κ1) is 17.6. The van der Waals surface area contributed by atoms with Crippen LogP contribution in [0.4, 0.5) is 0 Å². The Morgan fingerprint density at radius 1 is 1.40 bits per heavy atom. The molecule has 2 aromatic rings. The van der Waals surface area contributed by atoms with Gasteiger partial charge < -0.3 is 18.8 Å². The van der Waals surface area contributed by atoms with Crippen molar-refractivity contribution in [2.75, 3.05) is 26.9 Å². The van der Waals surface area contributed by atoms with Crippen LogP contribution in [0.2, 0.25) is 0 Å². The Balaban J connectivity index is 1.86. The van der Waals surface area contributed by atoms with E-state index >= 15 is 0 Å². The summed E-state index contributed by atoms with van der Waals surface area (Å²) >= 11 is 0. The quantitative estimate of drug-likeness (QED) is 0.799. The van der Waals surface area contributed by atoms with Crippen LogP contribution in [0.1, 0.15) is 29.6 Å². The van der Waals surface area contributed by atoms with Crippen LogP contribution in [0.15, 0.2) is 28.7 Å². The standard InChI is InChI=1S/C18H23N3O4/c1-12-16(7-9-24-12)21(8-10-23-3)18(22)15-6-4-5-14(11-15)17-20-19-13(2)25-17/h4-6,11-12,16H,7-10H2,1-3H3/t12-,16-/m0/s1. The molecule has 1 aromatic heterocycles. The van der Waals surface area contributed by atoms with Gasteiger partial charge in [-0.2, -0.15) is 0 Å². The van der Waals surface area contributed by atoms with E-state index in [4.69, 9.17) is 13.9 Å². The number of hydrogen-bond acceptors (Lipinski definition) is 6. The van der Waals surface area contributed by atoms with Crippen LogP contribution in [-0.2, 0) is 9.47 Å². The highest BCUT2D eigenvalue weighted by molar-refractivity contribution is 5.95. The molecule has 0 aliphatic carbocycles. The Labute approximate surface area is 146 Å². The highest BCUT2D eigenvalue weighted by Crippen LogP contribution is 2.24. The van der Waals surface area contributed by atoms with Crippen LogP contribution in [0.5, 0.6) is 0 Å². The van der Waals surface area contributed by atoms with Crippen molar-refractivity contribution in [3.8, 4) is 11.5 Å². The van der Waals surface area contributed by atoms with Crippen LogP contribution in [0, 0.1) is 6.92 Å². The van der Waals surface area contributed by atoms with E-state index in [-0.39, 0.29) is 18.1 Å². The van der Waals surface area contributed by atoms with Gasteiger partial charge in [-0.05, 0) is 31.5 Å². The van der Waals surface area contributed by atoms with Crippen molar-refractivity contribution < 1.29 is 18.7 Å². The maximum atomic E-state index is 13.1. The second-order valence-corrected chi connectivity index (χ2v) is 6.13. The van der Waals surface area contributed by atoms with Gasteiger partial charge in [-0.1, -0.05) is 6.07 Å². The first-order chi connectivity index (χ1) is 12.1. The Morgan fingerprint density at radius 2 is 2.24 bits per heavy atom. The number of aryl methyl sites for hydroxylation is 1. The second-order valence-electron chi connectivity index (χ2n) is 6.13. The van der Waals surface area contributed by atoms with Crippen molar-refractivity contribution in [2.45, 2.75) is 32.4 Å². The van der Waals surface area contributed by atoms with Gasteiger partial charge in [-0.15, -0.1) is 10.2 Å². The minimum absolute atomic E-state index is 0.0163. The number of benzene rings is 1. The number of carbonyl (C=O) groups is 1. The smallest absolute Gasteiger partial charge is 0.254 e. The largest absolute Gasteiger partial charge is 0.421 e. The number of aromatic nitrogens is 2. The molecule has 0 spiro atoms. The average Bonchev–Trinajstić information content (AvgIpc) is 3.24. The minimum atomic E-state index is -0.0440. The molecule has 1 amide bonds. The van der Waals surface area contributed by atoms with E-state index in [1.165, 1.54) is 0 Å². The summed E-state index contributed by atoms with van der Waals surface area (Å²) in [4.78, 5) is 15.0. The molecule has 2 heterocycles. The fourth-order valence-corrected chi connectivity index (χ4v) is 3.10. The van der Waals surface area contributed by atoms with E-state index in [1.54, 1.807) is 26.2 Å². The molecule has 0 unspecified atom stereocenters. The molecule has 1 aliphatic rings. The lowest BCUT2D eigenvalue weighted by Crippen LogP contribution is -2.45. The third-order valence-electron chi connectivity index (χ3n) is 4.42. The molecule has 0 bridgehead atoms. The molecule has 0 radical (unpaired) electrons. The molecule has 1 fully saturated rings. The minimum Gasteiger partial charge on any atom is -0.421 e. The number of ether oxygens (including phenoxy) is 2. The number of carbonyl (C=O) groups excluding carboxylic acids is 1. The zero-order valence-corrected chi connectivity index (χ0v) is 14.8. The Bertz CT molecular complexity index is 731. The summed E-state index contributed by atoms with van der Waals surface area (Å²) < 4.78 is 16.3. The van der Waals surface area contributed by atoms with Crippen molar-refractivity contribution in [3.63, 3.8) is 0 Å². The highest BCUT2D eigenvalue weighted by Gasteiger charge is 2.33. The Hall–Kier alpha value is -2.25. The number of nitrogens with zero attached hydrogens (tertiary/aromatic N) is 3. The molecule has 134 valence electrons. The first-order valence-electron chi connectivity index (χ1n) is 8.42. The normalized spacial score (nSPS) is 20.0. The lowest BCUT2D eigenvalue weighted by atomic mass is 10.1. The van der Waals surface area contributed by atoms with Gasteiger partial charge >= 0.3 is 0 Å². The number of amides is 1. The number of methoxy groups -OCH3 is 1. The lowest BCUT2D eigenvalue weighted by molar-refractivity contribution is 0.0425. The summed E-state index contributed by atoms with van der Waals surface area (Å²) in [5, 5.41) is 7.86. The van der Waals surface area contributed by atoms with Crippen molar-refractivity contribution >= 4 is 5.91 Å². The van der Waals surface area contributed by atoms with Gasteiger partial charge in [-0.3, -0.25) is 4.79 Å². The summed E-state index contributed by atoms with van der Waals surface area (Å²) in [6.07, 6.45) is 0.849. The van der Waals surface area contributed by atoms with E-state index in [0.717, 1.165) is 12.0 Å². The van der Waals surface area contributed by atoms with Crippen LogP contribution >= 0.6 is 0 Å². The van der Waals surface area contributed by atoms with Gasteiger partial charge in [0.2, 0.25) is 11.8 Å². The van der Waals surface area contributed by atoms with Gasteiger partial charge in [0.1, 0.15) is 0 Å². The van der Waals surface area contributed by atoms with Gasteiger partial charge in [0.25, 0.3) is 5.91 Å². The van der Waals surface area contributed by atoms with E-state index in [1.807, 2.05) is 24.0 Å². The zero-order valence-electron chi connectivity index (χ0n) is 14.8. The highest BCUT2D eigenvalue weighted by atomic mass is 16.5. The van der Waals surface area contributed by atoms with E-state index < -0.39 is 0 Å². The van der Waals surface area contributed by atoms with E-state index in [2.05, 4.69) is 10.2 Å². The predicted octanol–water partition coefficient (Wildman–Crippen LogP) is 2.31. The zero-order chi connectivity index (χ0) is 17.8. The van der Waals surface area contributed by atoms with Gasteiger partial charge in [0.05, 0.1) is 18.8 Å². The number of hydrogen-bond donors (Lipinski definition) is 0. The third-order valence-corrected chi connectivity index (χ3v) is 4.42. The second kappa shape index (κ2) is 7.76. The summed E-state index contributed by atoms with van der Waals surface area (Å²) in [6.45, 7) is 5.42.